The summed E-state index contributed by atoms with van der Waals surface area (Å²) in [5.41, 5.74) is 6.14. The van der Waals surface area contributed by atoms with E-state index in [9.17, 15) is 0 Å². The van der Waals surface area contributed by atoms with Crippen molar-refractivity contribution >= 4 is 17.2 Å². The van der Waals surface area contributed by atoms with Gasteiger partial charge in [0.05, 0.1) is 11.4 Å². The molecule has 0 unspecified atom stereocenters. The molecular formula is C28H21N3. The van der Waals surface area contributed by atoms with Gasteiger partial charge in [0.2, 0.25) is 0 Å². The van der Waals surface area contributed by atoms with E-state index in [4.69, 9.17) is 4.98 Å². The van der Waals surface area contributed by atoms with E-state index in [2.05, 4.69) is 64.5 Å². The van der Waals surface area contributed by atoms with Gasteiger partial charge in [0.1, 0.15) is 5.82 Å². The first-order valence-electron chi connectivity index (χ1n) is 10.3. The first kappa shape index (κ1) is 18.8. The predicted molar refractivity (Wildman–Crippen MR) is 128 cm³/mol. The quantitative estimate of drug-likeness (QED) is 0.311. The number of nitrogens with zero attached hydrogens (tertiary/aromatic N) is 3. The molecule has 0 bridgehead atoms. The Kier molecular flexibility index (Phi) is 5.23. The number of rotatable bonds is 5. The maximum Gasteiger partial charge on any atom is 0.138 e. The molecule has 0 aliphatic carbocycles. The molecule has 0 saturated heterocycles. The van der Waals surface area contributed by atoms with Gasteiger partial charge in [-0.05, 0) is 48.5 Å². The third-order valence-electron chi connectivity index (χ3n) is 5.11. The van der Waals surface area contributed by atoms with E-state index in [1.54, 1.807) is 0 Å². The van der Waals surface area contributed by atoms with Crippen LogP contribution in [0.5, 0.6) is 0 Å². The highest BCUT2D eigenvalue weighted by molar-refractivity contribution is 5.78. The molecule has 0 fully saturated rings. The van der Waals surface area contributed by atoms with Crippen molar-refractivity contribution < 1.29 is 0 Å². The first-order chi connectivity index (χ1) is 15.4. The van der Waals surface area contributed by atoms with Crippen molar-refractivity contribution in [2.45, 2.75) is 0 Å². The maximum absolute atomic E-state index is 5.01. The highest BCUT2D eigenvalue weighted by Gasteiger charge is 2.15. The lowest BCUT2D eigenvalue weighted by Crippen LogP contribution is -2.11. The van der Waals surface area contributed by atoms with Crippen LogP contribution in [0.15, 0.2) is 128 Å². The van der Waals surface area contributed by atoms with Crippen LogP contribution in [0.1, 0.15) is 0 Å². The van der Waals surface area contributed by atoms with Crippen LogP contribution in [0, 0.1) is 0 Å². The molecule has 0 spiro atoms. The summed E-state index contributed by atoms with van der Waals surface area (Å²) in [5, 5.41) is 0. The molecule has 0 atom stereocenters. The van der Waals surface area contributed by atoms with Crippen LogP contribution in [-0.2, 0) is 0 Å². The Balaban J connectivity index is 1.63. The summed E-state index contributed by atoms with van der Waals surface area (Å²) < 4.78 is 0. The number of benzene rings is 3. The molecule has 5 rings (SSSR count). The van der Waals surface area contributed by atoms with E-state index < -0.39 is 0 Å². The smallest absolute Gasteiger partial charge is 0.138 e. The Labute approximate surface area is 182 Å². The lowest BCUT2D eigenvalue weighted by molar-refractivity contribution is 1.18. The van der Waals surface area contributed by atoms with Gasteiger partial charge in [0, 0.05) is 28.7 Å². The van der Waals surface area contributed by atoms with Crippen molar-refractivity contribution in [3.05, 3.63) is 128 Å². The molecule has 0 N–H and O–H groups in total. The van der Waals surface area contributed by atoms with Crippen LogP contribution >= 0.6 is 0 Å². The predicted octanol–water partition coefficient (Wildman–Crippen LogP) is 7.28. The Morgan fingerprint density at radius 1 is 0.484 bits per heavy atom. The van der Waals surface area contributed by atoms with Crippen LogP contribution in [0.3, 0.4) is 0 Å². The lowest BCUT2D eigenvalue weighted by atomic mass is 10.1. The molecular weight excluding hydrogens is 378 g/mol. The molecule has 0 aliphatic heterocycles. The van der Waals surface area contributed by atoms with Crippen molar-refractivity contribution in [2.24, 2.45) is 0 Å². The molecule has 31 heavy (non-hydrogen) atoms. The molecule has 0 aliphatic rings. The molecule has 0 radical (unpaired) electrons. The molecule has 0 saturated carbocycles. The second kappa shape index (κ2) is 8.64. The Morgan fingerprint density at radius 2 is 1.13 bits per heavy atom. The van der Waals surface area contributed by atoms with Crippen LogP contribution in [0.2, 0.25) is 0 Å². The third kappa shape index (κ3) is 4.07. The van der Waals surface area contributed by atoms with Gasteiger partial charge in [-0.15, -0.1) is 0 Å². The molecule has 0 amide bonds. The number of pyridine rings is 2. The van der Waals surface area contributed by atoms with Gasteiger partial charge >= 0.3 is 0 Å². The van der Waals surface area contributed by atoms with Gasteiger partial charge in [0.15, 0.2) is 0 Å². The van der Waals surface area contributed by atoms with Gasteiger partial charge in [-0.25, -0.2) is 4.98 Å². The van der Waals surface area contributed by atoms with E-state index >= 15 is 0 Å². The number of hydrogen-bond donors (Lipinski definition) is 0. The van der Waals surface area contributed by atoms with Gasteiger partial charge < -0.3 is 0 Å². The summed E-state index contributed by atoms with van der Waals surface area (Å²) in [4.78, 5) is 11.7. The van der Waals surface area contributed by atoms with Gasteiger partial charge in [0.25, 0.3) is 0 Å². The number of hydrogen-bond acceptors (Lipinski definition) is 3. The normalized spacial score (nSPS) is 10.6. The van der Waals surface area contributed by atoms with E-state index in [0.29, 0.717) is 0 Å². The van der Waals surface area contributed by atoms with Crippen LogP contribution in [0.4, 0.5) is 17.2 Å². The Bertz CT molecular complexity index is 1190. The lowest BCUT2D eigenvalue weighted by Gasteiger charge is -2.25. The summed E-state index contributed by atoms with van der Waals surface area (Å²) in [6.45, 7) is 0. The summed E-state index contributed by atoms with van der Waals surface area (Å²) in [6.07, 6.45) is 1.82. The summed E-state index contributed by atoms with van der Waals surface area (Å²) in [7, 11) is 0. The second-order valence-electron chi connectivity index (χ2n) is 7.18. The summed E-state index contributed by atoms with van der Waals surface area (Å²) >= 11 is 0. The van der Waals surface area contributed by atoms with Gasteiger partial charge in [-0.2, -0.15) is 0 Å². The molecule has 148 valence electrons. The van der Waals surface area contributed by atoms with Crippen molar-refractivity contribution in [1.29, 1.82) is 0 Å². The molecule has 2 heterocycles. The number of anilines is 3. The highest BCUT2D eigenvalue weighted by Crippen LogP contribution is 2.35. The molecule has 2 aromatic heterocycles. The zero-order valence-electron chi connectivity index (χ0n) is 17.0. The third-order valence-corrected chi connectivity index (χ3v) is 5.11. The van der Waals surface area contributed by atoms with E-state index in [-0.39, 0.29) is 0 Å². The first-order valence-corrected chi connectivity index (χ1v) is 10.3. The SMILES string of the molecule is c1ccc(-c2cccc(N(c3ccccc3)c3cccc(-c4ccccn4)c3)n2)cc1. The van der Waals surface area contributed by atoms with E-state index in [1.165, 1.54) is 0 Å². The molecule has 3 heteroatoms. The minimum atomic E-state index is 0.866. The van der Waals surface area contributed by atoms with E-state index in [0.717, 1.165) is 39.7 Å². The van der Waals surface area contributed by atoms with Gasteiger partial charge in [-0.3, -0.25) is 9.88 Å². The average molecular weight is 399 g/mol. The van der Waals surface area contributed by atoms with Crippen LogP contribution < -0.4 is 4.90 Å². The standard InChI is InChI=1S/C28H21N3/c1-3-11-22(12-4-1)27-18-10-19-28(30-27)31(24-14-5-2-6-15-24)25-16-9-13-23(21-25)26-17-7-8-20-29-26/h1-21H. The fraction of sp³-hybridized carbons (Fsp3) is 0. The molecule has 5 aromatic rings. The van der Waals surface area contributed by atoms with Crippen molar-refractivity contribution in [3.63, 3.8) is 0 Å². The van der Waals surface area contributed by atoms with Crippen LogP contribution in [0.25, 0.3) is 22.5 Å². The second-order valence-corrected chi connectivity index (χ2v) is 7.18. The fourth-order valence-corrected chi connectivity index (χ4v) is 3.65. The minimum absolute atomic E-state index is 0.866. The molecule has 3 aromatic carbocycles. The van der Waals surface area contributed by atoms with Gasteiger partial charge in [-0.1, -0.05) is 72.8 Å². The zero-order chi connectivity index (χ0) is 20.9. The Hall–Kier alpha value is -4.24. The minimum Gasteiger partial charge on any atom is -0.295 e. The topological polar surface area (TPSA) is 29.0 Å². The largest absolute Gasteiger partial charge is 0.295 e. The number of para-hydroxylation sites is 1. The average Bonchev–Trinajstić information content (AvgIpc) is 2.86. The monoisotopic (exact) mass is 399 g/mol. The summed E-state index contributed by atoms with van der Waals surface area (Å²) in [5.74, 6) is 0.866. The maximum atomic E-state index is 5.01. The van der Waals surface area contributed by atoms with Crippen molar-refractivity contribution in [3.8, 4) is 22.5 Å². The Morgan fingerprint density at radius 3 is 1.90 bits per heavy atom. The van der Waals surface area contributed by atoms with Crippen molar-refractivity contribution in [2.75, 3.05) is 4.90 Å². The van der Waals surface area contributed by atoms with Crippen LogP contribution in [-0.4, -0.2) is 9.97 Å². The highest BCUT2D eigenvalue weighted by atomic mass is 15.2. The van der Waals surface area contributed by atoms with E-state index in [1.807, 2.05) is 72.9 Å². The fourth-order valence-electron chi connectivity index (χ4n) is 3.65. The zero-order valence-corrected chi connectivity index (χ0v) is 17.0. The number of aromatic nitrogens is 2. The summed E-state index contributed by atoms with van der Waals surface area (Å²) in [6, 6.07) is 41.1. The van der Waals surface area contributed by atoms with Crippen molar-refractivity contribution in [1.82, 2.24) is 9.97 Å². The molecule has 3 nitrogen and oxygen atoms in total.